The van der Waals surface area contributed by atoms with Crippen molar-refractivity contribution in [3.63, 3.8) is 0 Å². The summed E-state index contributed by atoms with van der Waals surface area (Å²) < 4.78 is 73.4. The molecule has 0 amide bonds. The summed E-state index contributed by atoms with van der Waals surface area (Å²) >= 11 is 3.17. The van der Waals surface area contributed by atoms with Crippen LogP contribution in [-0.2, 0) is 95.1 Å². The van der Waals surface area contributed by atoms with Crippen LogP contribution >= 0.6 is 15.9 Å². The summed E-state index contributed by atoms with van der Waals surface area (Å²) in [6, 6.07) is 0. The van der Waals surface area contributed by atoms with Crippen molar-refractivity contribution < 1.29 is 110 Å². The third kappa shape index (κ3) is 13.7. The Morgan fingerprint density at radius 1 is 0.483 bits per heavy atom. The zero-order valence-corrected chi connectivity index (χ0v) is 34.2. The fraction of sp³-hybridized carbons (Fsp3) is 0.794. The van der Waals surface area contributed by atoms with E-state index in [4.69, 9.17) is 61.6 Å². The largest absolute Gasteiger partial charge is 0.463 e. The number of esters is 7. The molecule has 0 spiro atoms. The molecule has 0 aromatic heterocycles. The van der Waals surface area contributed by atoms with Gasteiger partial charge in [0.1, 0.15) is 55.9 Å². The molecule has 15 atom stereocenters. The van der Waals surface area contributed by atoms with Crippen molar-refractivity contribution in [1.82, 2.24) is 0 Å². The van der Waals surface area contributed by atoms with Crippen molar-refractivity contribution in [3.8, 4) is 0 Å². The van der Waals surface area contributed by atoms with Gasteiger partial charge in [-0.25, -0.2) is 0 Å². The number of aliphatic hydroxyl groups is 3. The predicted octanol–water partition coefficient (Wildman–Crippen LogP) is -2.16. The minimum atomic E-state index is -1.92. The lowest BCUT2D eigenvalue weighted by Gasteiger charge is -2.50. The van der Waals surface area contributed by atoms with E-state index in [0.29, 0.717) is 5.33 Å². The van der Waals surface area contributed by atoms with E-state index >= 15 is 0 Å². The van der Waals surface area contributed by atoms with Crippen LogP contribution in [0.5, 0.6) is 0 Å². The van der Waals surface area contributed by atoms with Gasteiger partial charge in [-0.3, -0.25) is 33.6 Å². The van der Waals surface area contributed by atoms with Gasteiger partial charge in [0, 0.05) is 53.8 Å². The second-order valence-corrected chi connectivity index (χ2v) is 13.8. The summed E-state index contributed by atoms with van der Waals surface area (Å²) in [5.74, 6) is -6.47. The Balaban J connectivity index is 2.16. The second-order valence-electron chi connectivity index (χ2n) is 13.0. The molecular formula is C34H49BrO23. The molecule has 0 bridgehead atoms. The number of hydrogen-bond acceptors (Lipinski definition) is 23. The Kier molecular flexibility index (Phi) is 19.1. The standard InChI is InChI=1S/C34H49BrO23/c1-13(37)47-11-21-26(49-15(3)39)28(50-16(4)40)30(52-18(6)42)34(55-21)58-27-22(12-48-14(2)38)56-33(31(53-19(7)43)29(27)51-17(5)41)57-25-20(10-36)54-32(46-9-8-35)24(45)23(25)44/h20-34,36,44-45H,8-12H2,1-7H3/t20-,21-,22-,23-,24-,25-,26+,27+,28+,29+,30-,31-,32+,33+,34+/m1/s1. The number of hydrogen-bond donors (Lipinski definition) is 3. The number of carbonyl (C=O) groups excluding carboxylic acids is 7. The lowest BCUT2D eigenvalue weighted by molar-refractivity contribution is -0.379. The maximum Gasteiger partial charge on any atom is 0.303 e. The first-order valence-electron chi connectivity index (χ1n) is 17.8. The summed E-state index contributed by atoms with van der Waals surface area (Å²) in [7, 11) is 0. The molecular weight excluding hydrogens is 856 g/mol. The summed E-state index contributed by atoms with van der Waals surface area (Å²) in [6.45, 7) is 4.97. The minimum absolute atomic E-state index is 0.0429. The molecule has 0 saturated carbocycles. The topological polar surface area (TPSA) is 300 Å². The van der Waals surface area contributed by atoms with E-state index in [1.165, 1.54) is 0 Å². The third-order valence-corrected chi connectivity index (χ3v) is 8.68. The SMILES string of the molecule is CC(=O)OC[C@H]1O[C@@H](O[C@@H]2[C@H](OC(C)=O)[C@@H](OC(C)=O)[C@H](O[C@H]3[C@H](O)[C@@H](O)[C@@H](OCCBr)O[C@@H]3CO)O[C@@H]2COC(C)=O)[C@H](OC(C)=O)[C@@H](OC(C)=O)[C@H]1OC(C)=O. The molecule has 3 saturated heterocycles. The maximum absolute atomic E-state index is 12.7. The molecule has 330 valence electrons. The molecule has 3 N–H and O–H groups in total. The molecule has 3 aliphatic rings. The molecule has 0 unspecified atom stereocenters. The molecule has 58 heavy (non-hydrogen) atoms. The van der Waals surface area contributed by atoms with E-state index in [2.05, 4.69) is 15.9 Å². The van der Waals surface area contributed by atoms with E-state index in [-0.39, 0.29) is 6.61 Å². The molecule has 3 heterocycles. The van der Waals surface area contributed by atoms with Gasteiger partial charge in [-0.15, -0.1) is 0 Å². The van der Waals surface area contributed by atoms with Crippen LogP contribution in [0.15, 0.2) is 0 Å². The van der Waals surface area contributed by atoms with Gasteiger partial charge in [0.05, 0.1) is 13.2 Å². The van der Waals surface area contributed by atoms with E-state index < -0.39 is 154 Å². The van der Waals surface area contributed by atoms with Gasteiger partial charge in [-0.1, -0.05) is 15.9 Å². The minimum Gasteiger partial charge on any atom is -0.463 e. The fourth-order valence-electron chi connectivity index (χ4n) is 6.26. The molecule has 0 radical (unpaired) electrons. The first kappa shape index (κ1) is 48.8. The number of halogens is 1. The summed E-state index contributed by atoms with van der Waals surface area (Å²) in [5.41, 5.74) is 0. The molecule has 3 fully saturated rings. The van der Waals surface area contributed by atoms with Crippen LogP contribution in [0, 0.1) is 0 Å². The summed E-state index contributed by atoms with van der Waals surface area (Å²) in [6.07, 6.45) is -25.4. The smallest absolute Gasteiger partial charge is 0.303 e. The highest BCUT2D eigenvalue weighted by Crippen LogP contribution is 2.37. The van der Waals surface area contributed by atoms with Crippen molar-refractivity contribution in [1.29, 1.82) is 0 Å². The Bertz CT molecular complexity index is 1440. The van der Waals surface area contributed by atoms with E-state index in [0.717, 1.165) is 48.5 Å². The Morgan fingerprint density at radius 3 is 1.28 bits per heavy atom. The van der Waals surface area contributed by atoms with Gasteiger partial charge in [0.25, 0.3) is 0 Å². The normalized spacial score (nSPS) is 34.8. The van der Waals surface area contributed by atoms with Crippen molar-refractivity contribution in [2.45, 2.75) is 141 Å². The van der Waals surface area contributed by atoms with Crippen molar-refractivity contribution >= 4 is 57.7 Å². The highest BCUT2D eigenvalue weighted by atomic mass is 79.9. The lowest BCUT2D eigenvalue weighted by Crippen LogP contribution is -2.68. The monoisotopic (exact) mass is 904 g/mol. The summed E-state index contributed by atoms with van der Waals surface area (Å²) in [5, 5.41) is 32.5. The van der Waals surface area contributed by atoms with Crippen molar-refractivity contribution in [3.05, 3.63) is 0 Å². The third-order valence-electron chi connectivity index (χ3n) is 8.36. The van der Waals surface area contributed by atoms with Gasteiger partial charge in [-0.2, -0.15) is 0 Å². The van der Waals surface area contributed by atoms with Gasteiger partial charge in [0.2, 0.25) is 0 Å². The van der Waals surface area contributed by atoms with Crippen LogP contribution in [0.4, 0.5) is 0 Å². The predicted molar refractivity (Wildman–Crippen MR) is 186 cm³/mol. The van der Waals surface area contributed by atoms with Crippen LogP contribution in [-0.4, -0.2) is 181 Å². The molecule has 3 rings (SSSR count). The van der Waals surface area contributed by atoms with Gasteiger partial charge in [-0.05, 0) is 0 Å². The average molecular weight is 906 g/mol. The molecule has 0 aromatic carbocycles. The Labute approximate surface area is 340 Å². The molecule has 0 aliphatic carbocycles. The Hall–Kier alpha value is -3.59. The number of ether oxygens (including phenoxy) is 13. The molecule has 23 nitrogen and oxygen atoms in total. The number of rotatable bonds is 17. The quantitative estimate of drug-likeness (QED) is 0.0796. The van der Waals surface area contributed by atoms with Gasteiger partial charge in [0.15, 0.2) is 49.4 Å². The number of carbonyl (C=O) groups is 7. The van der Waals surface area contributed by atoms with Crippen LogP contribution in [0.2, 0.25) is 0 Å². The zero-order valence-electron chi connectivity index (χ0n) is 32.6. The highest BCUT2D eigenvalue weighted by Gasteiger charge is 2.59. The lowest BCUT2D eigenvalue weighted by atomic mass is 9.95. The number of alkyl halides is 1. The molecule has 0 aromatic rings. The van der Waals surface area contributed by atoms with Crippen LogP contribution < -0.4 is 0 Å². The summed E-state index contributed by atoms with van der Waals surface area (Å²) in [4.78, 5) is 86.3. The highest BCUT2D eigenvalue weighted by molar-refractivity contribution is 9.09. The first-order valence-corrected chi connectivity index (χ1v) is 18.9. The van der Waals surface area contributed by atoms with E-state index in [9.17, 15) is 48.9 Å². The molecule has 24 heteroatoms. The van der Waals surface area contributed by atoms with Crippen LogP contribution in [0.25, 0.3) is 0 Å². The fourth-order valence-corrected chi connectivity index (χ4v) is 6.44. The second kappa shape index (κ2) is 22.7. The first-order chi connectivity index (χ1) is 27.3. The van der Waals surface area contributed by atoms with Crippen LogP contribution in [0.3, 0.4) is 0 Å². The van der Waals surface area contributed by atoms with E-state index in [1.807, 2.05) is 0 Å². The van der Waals surface area contributed by atoms with Crippen LogP contribution in [0.1, 0.15) is 48.5 Å². The van der Waals surface area contributed by atoms with E-state index in [1.54, 1.807) is 0 Å². The van der Waals surface area contributed by atoms with Gasteiger partial charge >= 0.3 is 41.8 Å². The van der Waals surface area contributed by atoms with Gasteiger partial charge < -0.3 is 76.9 Å². The zero-order chi connectivity index (χ0) is 43.4. The van der Waals surface area contributed by atoms with Crippen molar-refractivity contribution in [2.75, 3.05) is 31.8 Å². The van der Waals surface area contributed by atoms with Crippen molar-refractivity contribution in [2.24, 2.45) is 0 Å². The maximum atomic E-state index is 12.7. The number of aliphatic hydroxyl groups excluding tert-OH is 3. The Morgan fingerprint density at radius 2 is 0.862 bits per heavy atom. The average Bonchev–Trinajstić information content (AvgIpc) is 3.11. The molecule has 3 aliphatic heterocycles.